The van der Waals surface area contributed by atoms with E-state index in [0.29, 0.717) is 12.1 Å². The first-order valence-electron chi connectivity index (χ1n) is 10.2. The number of guanidine groups is 1. The average Bonchev–Trinajstić information content (AvgIpc) is 2.71. The fraction of sp³-hybridized carbons (Fsp3) is 0.619. The lowest BCUT2D eigenvalue weighted by Gasteiger charge is -2.26. The van der Waals surface area contributed by atoms with E-state index in [2.05, 4.69) is 32.8 Å². The lowest BCUT2D eigenvalue weighted by atomic mass is 10.1. The predicted molar refractivity (Wildman–Crippen MR) is 112 cm³/mol. The molecule has 6 nitrogen and oxygen atoms in total. The summed E-state index contributed by atoms with van der Waals surface area (Å²) in [5.74, 6) is 0.796. The van der Waals surface area contributed by atoms with Crippen molar-refractivity contribution in [2.45, 2.75) is 52.1 Å². The van der Waals surface area contributed by atoms with Crippen LogP contribution in [-0.2, 0) is 6.54 Å². The number of rotatable bonds is 8. The van der Waals surface area contributed by atoms with Crippen molar-refractivity contribution in [1.82, 2.24) is 20.9 Å². The molecule has 1 amide bonds. The highest BCUT2D eigenvalue weighted by Crippen LogP contribution is 2.07. The molecule has 0 spiro atoms. The maximum absolute atomic E-state index is 12.1. The molecule has 1 aromatic carbocycles. The maximum atomic E-state index is 12.1. The molecule has 1 saturated heterocycles. The van der Waals surface area contributed by atoms with Gasteiger partial charge in [-0.15, -0.1) is 0 Å². The number of nitrogens with zero attached hydrogens (tertiary/aromatic N) is 2. The molecule has 1 unspecified atom stereocenters. The molecule has 27 heavy (non-hydrogen) atoms. The van der Waals surface area contributed by atoms with Gasteiger partial charge in [-0.05, 0) is 57.0 Å². The Kier molecular flexibility index (Phi) is 9.11. The van der Waals surface area contributed by atoms with Crippen LogP contribution in [-0.4, -0.2) is 56.0 Å². The minimum Gasteiger partial charge on any atom is -0.355 e. The highest BCUT2D eigenvalue weighted by Gasteiger charge is 2.10. The average molecular weight is 374 g/mol. The van der Waals surface area contributed by atoms with Crippen molar-refractivity contribution in [3.05, 3.63) is 35.4 Å². The van der Waals surface area contributed by atoms with E-state index in [1.54, 1.807) is 7.05 Å². The fourth-order valence-electron chi connectivity index (χ4n) is 3.10. The fourth-order valence-corrected chi connectivity index (χ4v) is 3.10. The Labute approximate surface area is 163 Å². The van der Waals surface area contributed by atoms with Gasteiger partial charge in [0.2, 0.25) is 0 Å². The number of carbonyl (C=O) groups is 1. The highest BCUT2D eigenvalue weighted by molar-refractivity contribution is 5.94. The van der Waals surface area contributed by atoms with Crippen LogP contribution < -0.4 is 16.0 Å². The van der Waals surface area contributed by atoms with Crippen molar-refractivity contribution in [2.75, 3.05) is 33.2 Å². The third kappa shape index (κ3) is 7.59. The van der Waals surface area contributed by atoms with Crippen molar-refractivity contribution in [3.8, 4) is 0 Å². The van der Waals surface area contributed by atoms with Crippen molar-refractivity contribution in [3.63, 3.8) is 0 Å². The first kappa shape index (κ1) is 21.2. The SMILES string of the molecule is CCC(C)NC(=O)c1ccc(CNC(=NC)NCCN2CCCCC2)cc1. The number of hydrogen-bond donors (Lipinski definition) is 3. The summed E-state index contributed by atoms with van der Waals surface area (Å²) in [5.41, 5.74) is 1.82. The lowest BCUT2D eigenvalue weighted by Crippen LogP contribution is -2.42. The van der Waals surface area contributed by atoms with Gasteiger partial charge in [0.25, 0.3) is 5.91 Å². The summed E-state index contributed by atoms with van der Waals surface area (Å²) in [6.45, 7) is 9.13. The minimum absolute atomic E-state index is 0.0148. The maximum Gasteiger partial charge on any atom is 0.251 e. The number of amides is 1. The first-order valence-corrected chi connectivity index (χ1v) is 10.2. The quantitative estimate of drug-likeness (QED) is 0.483. The van der Waals surface area contributed by atoms with Gasteiger partial charge < -0.3 is 20.9 Å². The molecule has 0 aliphatic carbocycles. The van der Waals surface area contributed by atoms with Gasteiger partial charge in [-0.25, -0.2) is 0 Å². The number of piperidine rings is 1. The molecule has 2 rings (SSSR count). The van der Waals surface area contributed by atoms with Gasteiger partial charge in [0.1, 0.15) is 0 Å². The van der Waals surface area contributed by atoms with Crippen LogP contribution in [0.15, 0.2) is 29.3 Å². The number of hydrogen-bond acceptors (Lipinski definition) is 3. The van der Waals surface area contributed by atoms with Gasteiger partial charge in [0, 0.05) is 38.3 Å². The standard InChI is InChI=1S/C21H35N5O/c1-4-17(2)25-20(27)19-10-8-18(9-11-19)16-24-21(22-3)23-12-15-26-13-6-5-7-14-26/h8-11,17H,4-7,12-16H2,1-3H3,(H,25,27)(H2,22,23,24). The Balaban J connectivity index is 1.72. The monoisotopic (exact) mass is 373 g/mol. The number of likely N-dealkylation sites (tertiary alicyclic amines) is 1. The van der Waals surface area contributed by atoms with Gasteiger partial charge in [-0.2, -0.15) is 0 Å². The van der Waals surface area contributed by atoms with Gasteiger partial charge in [0.15, 0.2) is 5.96 Å². The Bertz CT molecular complexity index is 593. The highest BCUT2D eigenvalue weighted by atomic mass is 16.1. The molecule has 0 saturated carbocycles. The van der Waals surface area contributed by atoms with Crippen LogP contribution in [0.3, 0.4) is 0 Å². The van der Waals surface area contributed by atoms with Gasteiger partial charge in [0.05, 0.1) is 0 Å². The second-order valence-electron chi connectivity index (χ2n) is 7.23. The van der Waals surface area contributed by atoms with Gasteiger partial charge >= 0.3 is 0 Å². The van der Waals surface area contributed by atoms with Crippen LogP contribution >= 0.6 is 0 Å². The Morgan fingerprint density at radius 1 is 1.15 bits per heavy atom. The van der Waals surface area contributed by atoms with Crippen LogP contribution in [0.25, 0.3) is 0 Å². The molecule has 1 aliphatic rings. The summed E-state index contributed by atoms with van der Waals surface area (Å²) in [6, 6.07) is 7.92. The van der Waals surface area contributed by atoms with Crippen LogP contribution in [0.4, 0.5) is 0 Å². The Morgan fingerprint density at radius 3 is 2.48 bits per heavy atom. The normalized spacial score (nSPS) is 16.6. The van der Waals surface area contributed by atoms with Gasteiger partial charge in [-0.3, -0.25) is 9.79 Å². The van der Waals surface area contributed by atoms with E-state index in [1.807, 2.05) is 31.2 Å². The molecule has 1 atom stereocenters. The minimum atomic E-state index is -0.0148. The topological polar surface area (TPSA) is 68.8 Å². The van der Waals surface area contributed by atoms with Crippen LogP contribution in [0, 0.1) is 0 Å². The van der Waals surface area contributed by atoms with E-state index < -0.39 is 0 Å². The second kappa shape index (κ2) is 11.6. The largest absolute Gasteiger partial charge is 0.355 e. The van der Waals surface area contributed by atoms with E-state index >= 15 is 0 Å². The van der Waals surface area contributed by atoms with E-state index in [4.69, 9.17) is 0 Å². The zero-order valence-corrected chi connectivity index (χ0v) is 17.1. The Hall–Kier alpha value is -2.08. The summed E-state index contributed by atoms with van der Waals surface area (Å²) in [5, 5.41) is 9.70. The van der Waals surface area contributed by atoms with E-state index in [-0.39, 0.29) is 11.9 Å². The number of aliphatic imine (C=N–C) groups is 1. The molecule has 0 radical (unpaired) electrons. The smallest absolute Gasteiger partial charge is 0.251 e. The number of carbonyl (C=O) groups excluding carboxylic acids is 1. The summed E-state index contributed by atoms with van der Waals surface area (Å²) in [4.78, 5) is 18.9. The third-order valence-corrected chi connectivity index (χ3v) is 5.06. The molecule has 1 aliphatic heterocycles. The predicted octanol–water partition coefficient (Wildman–Crippen LogP) is 2.37. The van der Waals surface area contributed by atoms with Crippen molar-refractivity contribution in [1.29, 1.82) is 0 Å². The van der Waals surface area contributed by atoms with Crippen LogP contribution in [0.2, 0.25) is 0 Å². The molecule has 1 fully saturated rings. The van der Waals surface area contributed by atoms with E-state index in [0.717, 1.165) is 31.0 Å². The molecule has 150 valence electrons. The summed E-state index contributed by atoms with van der Waals surface area (Å²) < 4.78 is 0. The lowest BCUT2D eigenvalue weighted by molar-refractivity contribution is 0.0939. The Morgan fingerprint density at radius 2 is 1.85 bits per heavy atom. The number of benzene rings is 1. The molecule has 1 heterocycles. The molecule has 0 bridgehead atoms. The number of nitrogens with one attached hydrogen (secondary N) is 3. The first-order chi connectivity index (χ1) is 13.1. The molecular formula is C21H35N5O. The zero-order valence-electron chi connectivity index (χ0n) is 17.1. The molecule has 0 aromatic heterocycles. The summed E-state index contributed by atoms with van der Waals surface area (Å²) in [6.07, 6.45) is 4.93. The zero-order chi connectivity index (χ0) is 19.5. The van der Waals surface area contributed by atoms with Crippen molar-refractivity contribution in [2.24, 2.45) is 4.99 Å². The molecular weight excluding hydrogens is 338 g/mol. The van der Waals surface area contributed by atoms with Crippen molar-refractivity contribution >= 4 is 11.9 Å². The van der Waals surface area contributed by atoms with Gasteiger partial charge in [-0.1, -0.05) is 25.5 Å². The molecule has 6 heteroatoms. The van der Waals surface area contributed by atoms with Crippen molar-refractivity contribution < 1.29 is 4.79 Å². The molecule has 3 N–H and O–H groups in total. The summed E-state index contributed by atoms with van der Waals surface area (Å²) in [7, 11) is 1.79. The van der Waals surface area contributed by atoms with Crippen LogP contribution in [0.1, 0.15) is 55.5 Å². The van der Waals surface area contributed by atoms with E-state index in [1.165, 1.54) is 32.4 Å². The third-order valence-electron chi connectivity index (χ3n) is 5.06. The second-order valence-corrected chi connectivity index (χ2v) is 7.23. The molecule has 1 aromatic rings. The van der Waals surface area contributed by atoms with E-state index in [9.17, 15) is 4.79 Å². The van der Waals surface area contributed by atoms with Crippen LogP contribution in [0.5, 0.6) is 0 Å². The summed E-state index contributed by atoms with van der Waals surface area (Å²) >= 11 is 0.